The average Bonchev–Trinajstić information content (AvgIpc) is 3.58. The number of nitrogens with one attached hydrogen (secondary N) is 1. The Morgan fingerprint density at radius 2 is 1.72 bits per heavy atom. The molecule has 0 radical (unpaired) electrons. The number of benzene rings is 2. The molecular formula is C22H25BrN2O3S. The van der Waals surface area contributed by atoms with Gasteiger partial charge in [-0.15, -0.1) is 0 Å². The average molecular weight is 477 g/mol. The van der Waals surface area contributed by atoms with Gasteiger partial charge in [-0.1, -0.05) is 46.3 Å². The van der Waals surface area contributed by atoms with Crippen molar-refractivity contribution in [3.05, 3.63) is 64.6 Å². The predicted octanol–water partition coefficient (Wildman–Crippen LogP) is 4.12. The van der Waals surface area contributed by atoms with Gasteiger partial charge in [0.1, 0.15) is 0 Å². The summed E-state index contributed by atoms with van der Waals surface area (Å²) in [6.45, 7) is 0.684. The number of halogens is 1. The van der Waals surface area contributed by atoms with Crippen LogP contribution in [-0.4, -0.2) is 31.7 Å². The lowest BCUT2D eigenvalue weighted by molar-refractivity contribution is -0.127. The molecule has 154 valence electrons. The number of hydrogen-bond donors (Lipinski definition) is 1. The largest absolute Gasteiger partial charge is 0.349 e. The maximum absolute atomic E-state index is 13.0. The van der Waals surface area contributed by atoms with Crippen LogP contribution < -0.4 is 5.32 Å². The topological polar surface area (TPSA) is 66.5 Å². The molecule has 1 saturated carbocycles. The van der Waals surface area contributed by atoms with Crippen LogP contribution in [-0.2, 0) is 14.8 Å². The van der Waals surface area contributed by atoms with Gasteiger partial charge in [0.25, 0.3) is 0 Å². The SMILES string of the molecule is O=C(NC(c1ccccc1)C1CC1)C1CCCN(S(=O)(=O)c2ccc(Br)cc2)C1. The number of carbonyl (C=O) groups is 1. The quantitative estimate of drug-likeness (QED) is 0.681. The van der Waals surface area contributed by atoms with E-state index in [0.29, 0.717) is 25.3 Å². The molecule has 2 fully saturated rings. The predicted molar refractivity (Wildman–Crippen MR) is 116 cm³/mol. The Bertz CT molecular complexity index is 959. The normalized spacial score (nSPS) is 21.5. The molecule has 0 bridgehead atoms. The van der Waals surface area contributed by atoms with Crippen molar-refractivity contribution in [2.75, 3.05) is 13.1 Å². The van der Waals surface area contributed by atoms with Crippen LogP contribution in [0.2, 0.25) is 0 Å². The first-order chi connectivity index (χ1) is 13.9. The Labute approximate surface area is 180 Å². The molecular weight excluding hydrogens is 452 g/mol. The van der Waals surface area contributed by atoms with Crippen LogP contribution in [0.5, 0.6) is 0 Å². The van der Waals surface area contributed by atoms with Gasteiger partial charge in [-0.25, -0.2) is 8.42 Å². The molecule has 2 unspecified atom stereocenters. The summed E-state index contributed by atoms with van der Waals surface area (Å²) in [4.78, 5) is 13.3. The first-order valence-electron chi connectivity index (χ1n) is 10.1. The third-order valence-corrected chi connectivity index (χ3v) is 8.16. The van der Waals surface area contributed by atoms with Crippen molar-refractivity contribution >= 4 is 31.9 Å². The van der Waals surface area contributed by atoms with Gasteiger partial charge in [0.05, 0.1) is 16.9 Å². The third-order valence-electron chi connectivity index (χ3n) is 5.76. The molecule has 7 heteroatoms. The zero-order chi connectivity index (χ0) is 20.4. The summed E-state index contributed by atoms with van der Waals surface area (Å²) < 4.78 is 28.3. The Balaban J connectivity index is 1.46. The third kappa shape index (κ3) is 4.73. The highest BCUT2D eigenvalue weighted by atomic mass is 79.9. The zero-order valence-corrected chi connectivity index (χ0v) is 18.5. The molecule has 2 aromatic rings. The molecule has 2 aliphatic rings. The summed E-state index contributed by atoms with van der Waals surface area (Å²) in [5.74, 6) is 0.118. The van der Waals surface area contributed by atoms with Crippen LogP contribution >= 0.6 is 15.9 Å². The van der Waals surface area contributed by atoms with E-state index in [1.54, 1.807) is 24.3 Å². The van der Waals surface area contributed by atoms with Crippen LogP contribution in [0.15, 0.2) is 64.0 Å². The van der Waals surface area contributed by atoms with Gasteiger partial charge in [-0.3, -0.25) is 4.79 Å². The van der Waals surface area contributed by atoms with Crippen LogP contribution in [0.1, 0.15) is 37.3 Å². The summed E-state index contributed by atoms with van der Waals surface area (Å²) in [5, 5.41) is 3.22. The maximum Gasteiger partial charge on any atom is 0.243 e. The van der Waals surface area contributed by atoms with Crippen molar-refractivity contribution in [1.82, 2.24) is 9.62 Å². The Kier molecular flexibility index (Phi) is 6.08. The molecule has 29 heavy (non-hydrogen) atoms. The highest BCUT2D eigenvalue weighted by Crippen LogP contribution is 2.41. The van der Waals surface area contributed by atoms with Crippen molar-refractivity contribution in [3.63, 3.8) is 0 Å². The molecule has 1 heterocycles. The Hall–Kier alpha value is -1.70. The molecule has 0 aromatic heterocycles. The second-order valence-corrected chi connectivity index (χ2v) is 10.7. The molecule has 2 atom stereocenters. The van der Waals surface area contributed by atoms with Gasteiger partial charge in [0, 0.05) is 17.6 Å². The van der Waals surface area contributed by atoms with Crippen molar-refractivity contribution in [2.24, 2.45) is 11.8 Å². The van der Waals surface area contributed by atoms with Gasteiger partial charge in [-0.05, 0) is 61.4 Å². The fraction of sp³-hybridized carbons (Fsp3) is 0.409. The fourth-order valence-electron chi connectivity index (χ4n) is 3.96. The highest BCUT2D eigenvalue weighted by Gasteiger charge is 2.37. The van der Waals surface area contributed by atoms with E-state index in [2.05, 4.69) is 33.4 Å². The molecule has 1 aliphatic heterocycles. The van der Waals surface area contributed by atoms with E-state index in [-0.39, 0.29) is 29.3 Å². The molecule has 5 nitrogen and oxygen atoms in total. The van der Waals surface area contributed by atoms with E-state index < -0.39 is 10.0 Å². The maximum atomic E-state index is 13.0. The number of hydrogen-bond acceptors (Lipinski definition) is 3. The van der Waals surface area contributed by atoms with Gasteiger partial charge in [-0.2, -0.15) is 4.31 Å². The van der Waals surface area contributed by atoms with Crippen LogP contribution in [0.3, 0.4) is 0 Å². The van der Waals surface area contributed by atoms with E-state index in [1.807, 2.05) is 18.2 Å². The van der Waals surface area contributed by atoms with Gasteiger partial charge < -0.3 is 5.32 Å². The van der Waals surface area contributed by atoms with Crippen molar-refractivity contribution in [1.29, 1.82) is 0 Å². The second-order valence-electron chi connectivity index (χ2n) is 7.89. The van der Waals surface area contributed by atoms with Gasteiger partial charge in [0.15, 0.2) is 0 Å². The summed E-state index contributed by atoms with van der Waals surface area (Å²) in [6, 6.07) is 16.7. The number of nitrogens with zero attached hydrogens (tertiary/aromatic N) is 1. The van der Waals surface area contributed by atoms with E-state index in [4.69, 9.17) is 0 Å². The highest BCUT2D eigenvalue weighted by molar-refractivity contribution is 9.10. The first-order valence-corrected chi connectivity index (χ1v) is 12.3. The lowest BCUT2D eigenvalue weighted by atomic mass is 9.96. The summed E-state index contributed by atoms with van der Waals surface area (Å²) in [5.41, 5.74) is 1.12. The van der Waals surface area contributed by atoms with Crippen molar-refractivity contribution in [2.45, 2.75) is 36.6 Å². The molecule has 4 rings (SSSR count). The Morgan fingerprint density at radius 1 is 1.03 bits per heavy atom. The summed E-state index contributed by atoms with van der Waals surface area (Å²) in [7, 11) is -3.60. The van der Waals surface area contributed by atoms with E-state index in [0.717, 1.165) is 22.9 Å². The minimum atomic E-state index is -3.60. The second kappa shape index (κ2) is 8.58. The zero-order valence-electron chi connectivity index (χ0n) is 16.1. The number of piperidine rings is 1. The minimum Gasteiger partial charge on any atom is -0.349 e. The number of rotatable bonds is 6. The van der Waals surface area contributed by atoms with Gasteiger partial charge >= 0.3 is 0 Å². The number of amides is 1. The van der Waals surface area contributed by atoms with Crippen LogP contribution in [0, 0.1) is 11.8 Å². The first kappa shape index (κ1) is 20.6. The number of carbonyl (C=O) groups excluding carboxylic acids is 1. The fourth-order valence-corrected chi connectivity index (χ4v) is 5.75. The summed E-state index contributed by atoms with van der Waals surface area (Å²) in [6.07, 6.45) is 3.64. The smallest absolute Gasteiger partial charge is 0.243 e. The molecule has 0 spiro atoms. The molecule has 2 aromatic carbocycles. The van der Waals surface area contributed by atoms with E-state index in [9.17, 15) is 13.2 Å². The molecule has 1 N–H and O–H groups in total. The van der Waals surface area contributed by atoms with Gasteiger partial charge in [0.2, 0.25) is 15.9 Å². The molecule has 1 aliphatic carbocycles. The van der Waals surface area contributed by atoms with E-state index in [1.165, 1.54) is 4.31 Å². The van der Waals surface area contributed by atoms with Crippen LogP contribution in [0.25, 0.3) is 0 Å². The van der Waals surface area contributed by atoms with Crippen molar-refractivity contribution < 1.29 is 13.2 Å². The lowest BCUT2D eigenvalue weighted by Gasteiger charge is -2.32. The number of sulfonamides is 1. The monoisotopic (exact) mass is 476 g/mol. The Morgan fingerprint density at radius 3 is 2.38 bits per heavy atom. The minimum absolute atomic E-state index is 0.0159. The van der Waals surface area contributed by atoms with Crippen molar-refractivity contribution in [3.8, 4) is 0 Å². The lowest BCUT2D eigenvalue weighted by Crippen LogP contribution is -2.46. The molecule has 1 amide bonds. The summed E-state index contributed by atoms with van der Waals surface area (Å²) >= 11 is 3.33. The van der Waals surface area contributed by atoms with Crippen LogP contribution in [0.4, 0.5) is 0 Å². The van der Waals surface area contributed by atoms with E-state index >= 15 is 0 Å². The standard InChI is InChI=1S/C22H25BrN2O3S/c23-19-10-12-20(13-11-19)29(27,28)25-14-4-7-18(15-25)22(26)24-21(17-8-9-17)16-5-2-1-3-6-16/h1-3,5-6,10-13,17-18,21H,4,7-9,14-15H2,(H,24,26). The molecule has 1 saturated heterocycles.